The molecule has 2 aromatic rings. The molecular formula is C50H66N3O6+. The van der Waals surface area contributed by atoms with Crippen LogP contribution in [0.3, 0.4) is 0 Å². The minimum absolute atomic E-state index is 0.0636. The van der Waals surface area contributed by atoms with Gasteiger partial charge in [0, 0.05) is 41.1 Å². The average Bonchev–Trinajstić information content (AvgIpc) is 3.62. The first-order valence-corrected chi connectivity index (χ1v) is 21.4. The van der Waals surface area contributed by atoms with E-state index in [1.807, 2.05) is 60.7 Å². The summed E-state index contributed by atoms with van der Waals surface area (Å²) in [5, 5.41) is 30.5. The fraction of sp³-hybridized carbons (Fsp3) is 0.480. The highest BCUT2D eigenvalue weighted by atomic mass is 16.5. The first-order valence-electron chi connectivity index (χ1n) is 21.4. The van der Waals surface area contributed by atoms with Gasteiger partial charge in [0.15, 0.2) is 12.3 Å². The Kier molecular flexibility index (Phi) is 17.0. The maximum atomic E-state index is 12.0. The van der Waals surface area contributed by atoms with E-state index in [2.05, 4.69) is 68.5 Å². The molecule has 0 spiro atoms. The van der Waals surface area contributed by atoms with E-state index in [1.54, 1.807) is 14.2 Å². The Bertz CT molecular complexity index is 2000. The molecule has 2 N–H and O–H groups in total. The van der Waals surface area contributed by atoms with Crippen molar-refractivity contribution in [1.82, 2.24) is 0 Å². The summed E-state index contributed by atoms with van der Waals surface area (Å²) < 4.78 is 13.6. The number of allylic oxidation sites excluding steroid dienone is 8. The molecule has 4 atom stereocenters. The van der Waals surface area contributed by atoms with Gasteiger partial charge in [0.2, 0.25) is 5.69 Å². The van der Waals surface area contributed by atoms with Crippen molar-refractivity contribution >= 4 is 29.0 Å². The second-order valence-electron chi connectivity index (χ2n) is 16.0. The van der Waals surface area contributed by atoms with Gasteiger partial charge in [-0.2, -0.15) is 9.84 Å². The van der Waals surface area contributed by atoms with Gasteiger partial charge in [-0.15, -0.1) is 13.2 Å². The van der Waals surface area contributed by atoms with Crippen LogP contribution in [0.4, 0.5) is 11.4 Å². The molecule has 2 aliphatic rings. The lowest BCUT2D eigenvalue weighted by Gasteiger charge is -2.36. The van der Waals surface area contributed by atoms with Crippen LogP contribution < -0.4 is 14.4 Å². The summed E-state index contributed by atoms with van der Waals surface area (Å²) >= 11 is 0. The normalized spacial score (nSPS) is 20.3. The van der Waals surface area contributed by atoms with Crippen molar-refractivity contribution in [3.63, 3.8) is 0 Å². The van der Waals surface area contributed by atoms with E-state index in [0.717, 1.165) is 96.8 Å². The lowest BCUT2D eigenvalue weighted by Crippen LogP contribution is -2.36. The highest BCUT2D eigenvalue weighted by Gasteiger charge is 2.52. The van der Waals surface area contributed by atoms with Crippen molar-refractivity contribution in [2.24, 2.45) is 11.8 Å². The highest BCUT2D eigenvalue weighted by molar-refractivity contribution is 6.04. The first kappa shape index (κ1) is 46.3. The van der Waals surface area contributed by atoms with E-state index in [0.29, 0.717) is 30.3 Å². The van der Waals surface area contributed by atoms with Crippen molar-refractivity contribution in [2.45, 2.75) is 116 Å². The molecule has 0 aromatic heterocycles. The lowest BCUT2D eigenvalue weighted by atomic mass is 9.68. The van der Waals surface area contributed by atoms with E-state index in [1.165, 1.54) is 0 Å². The smallest absolute Gasteiger partial charge is 0.309 e. The van der Waals surface area contributed by atoms with Gasteiger partial charge < -0.3 is 24.6 Å². The van der Waals surface area contributed by atoms with Crippen molar-refractivity contribution in [3.8, 4) is 17.6 Å². The number of anilines is 1. The zero-order chi connectivity index (χ0) is 43.2. The number of ether oxygens (including phenoxy) is 2. The van der Waals surface area contributed by atoms with Gasteiger partial charge in [-0.3, -0.25) is 9.59 Å². The summed E-state index contributed by atoms with van der Waals surface area (Å²) in [6.45, 7) is 17.8. The van der Waals surface area contributed by atoms with E-state index < -0.39 is 22.8 Å². The molecule has 2 heterocycles. The number of benzene rings is 2. The zero-order valence-electron chi connectivity index (χ0n) is 36.3. The summed E-state index contributed by atoms with van der Waals surface area (Å²) in [5.41, 5.74) is 5.20. The van der Waals surface area contributed by atoms with E-state index in [4.69, 9.17) is 9.47 Å². The molecule has 59 heavy (non-hydrogen) atoms. The van der Waals surface area contributed by atoms with Crippen LogP contribution in [0.1, 0.15) is 116 Å². The van der Waals surface area contributed by atoms with Crippen LogP contribution in [-0.4, -0.2) is 59.7 Å². The quantitative estimate of drug-likeness (QED) is 0.0440. The van der Waals surface area contributed by atoms with Gasteiger partial charge in [-0.05, 0) is 91.6 Å². The largest absolute Gasteiger partial charge is 0.497 e. The van der Waals surface area contributed by atoms with Crippen molar-refractivity contribution in [3.05, 3.63) is 108 Å². The summed E-state index contributed by atoms with van der Waals surface area (Å²) in [5.74, 6) is 0.470. The minimum Gasteiger partial charge on any atom is -0.497 e. The van der Waals surface area contributed by atoms with Crippen LogP contribution in [-0.2, 0) is 20.4 Å². The molecule has 4 unspecified atom stereocenters. The van der Waals surface area contributed by atoms with Crippen LogP contribution in [0, 0.1) is 23.2 Å². The number of methoxy groups -OCH3 is 2. The standard InChI is InChI=1S/C50H65N3O6/c1-9-15-36(13-5)33-49(27-11-3)41-31-39(58-7)19-21-43(41)52(29-25-47(54)55)45(49)23-17-38(35-51)18-24-46-50(28-12-4,34-37(14-6)16-10-2)42-32-40(59-8)20-22-44(42)53(46)30-26-48(56)57/h11-12,17-24,31-32,36-37H,3-4,9-10,13-16,25-30,33-34H2,1-2,5-8H3,(H-,54,55,56,57)/p+1. The van der Waals surface area contributed by atoms with E-state index in [9.17, 15) is 25.1 Å². The Balaban J connectivity index is 2.00. The van der Waals surface area contributed by atoms with Crippen LogP contribution >= 0.6 is 0 Å². The van der Waals surface area contributed by atoms with Crippen LogP contribution in [0.25, 0.3) is 0 Å². The fourth-order valence-corrected chi connectivity index (χ4v) is 9.66. The molecular weight excluding hydrogens is 739 g/mol. The van der Waals surface area contributed by atoms with Gasteiger partial charge in [0.05, 0.1) is 37.7 Å². The summed E-state index contributed by atoms with van der Waals surface area (Å²) in [6, 6.07) is 14.5. The molecule has 0 fully saturated rings. The molecule has 0 amide bonds. The third-order valence-corrected chi connectivity index (χ3v) is 12.5. The van der Waals surface area contributed by atoms with Crippen molar-refractivity contribution in [1.29, 1.82) is 5.26 Å². The Labute approximate surface area is 352 Å². The van der Waals surface area contributed by atoms with Gasteiger partial charge >= 0.3 is 11.9 Å². The molecule has 2 aliphatic heterocycles. The first-order chi connectivity index (χ1) is 28.4. The third-order valence-electron chi connectivity index (χ3n) is 12.5. The van der Waals surface area contributed by atoms with Gasteiger partial charge in [0.25, 0.3) is 0 Å². The second kappa shape index (κ2) is 21.6. The molecule has 4 rings (SSSR count). The van der Waals surface area contributed by atoms with E-state index >= 15 is 0 Å². The zero-order valence-corrected chi connectivity index (χ0v) is 36.3. The predicted molar refractivity (Wildman–Crippen MR) is 238 cm³/mol. The monoisotopic (exact) mass is 804 g/mol. The number of nitriles is 1. The summed E-state index contributed by atoms with van der Waals surface area (Å²) in [6.07, 6.45) is 20.5. The number of carbonyl (C=O) groups is 2. The van der Waals surface area contributed by atoms with Gasteiger partial charge in [-0.25, -0.2) is 0 Å². The fourth-order valence-electron chi connectivity index (χ4n) is 9.66. The SMILES string of the molecule is C=CCC1(CC(CC)CCC)C(/C=C/C(C#N)=C/C=C2/N(CCC(=O)O)c3ccc(OC)cc3C2(CC=C)CC(CC)CCC)=[N+](CCC(=O)O)c2ccc(OC)cc21. The third kappa shape index (κ3) is 10.3. The molecule has 0 radical (unpaired) electrons. The molecule has 9 nitrogen and oxygen atoms in total. The highest BCUT2D eigenvalue weighted by Crippen LogP contribution is 2.55. The minimum atomic E-state index is -0.888. The summed E-state index contributed by atoms with van der Waals surface area (Å²) in [4.78, 5) is 26.2. The molecule has 0 saturated carbocycles. The number of rotatable bonds is 25. The Hall–Kier alpha value is -5.36. The number of fused-ring (bicyclic) bond motifs is 2. The number of hydrogen-bond donors (Lipinski definition) is 2. The molecule has 0 aliphatic carbocycles. The number of aliphatic carboxylic acids is 2. The van der Waals surface area contributed by atoms with E-state index in [-0.39, 0.29) is 25.9 Å². The predicted octanol–water partition coefficient (Wildman–Crippen LogP) is 11.2. The molecule has 2 aromatic carbocycles. The van der Waals surface area contributed by atoms with Gasteiger partial charge in [0.1, 0.15) is 17.9 Å². The molecule has 316 valence electrons. The molecule has 0 saturated heterocycles. The Morgan fingerprint density at radius 1 is 0.864 bits per heavy atom. The molecule has 9 heteroatoms. The van der Waals surface area contributed by atoms with Crippen molar-refractivity contribution < 1.29 is 33.9 Å². The topological polar surface area (TPSA) is 123 Å². The number of carboxylic acid groups (broad SMARTS) is 2. The maximum Gasteiger partial charge on any atom is 0.309 e. The molecule has 0 bridgehead atoms. The van der Waals surface area contributed by atoms with Crippen LogP contribution in [0.5, 0.6) is 11.5 Å². The van der Waals surface area contributed by atoms with Crippen LogP contribution in [0.15, 0.2) is 97.3 Å². The van der Waals surface area contributed by atoms with Crippen LogP contribution in [0.2, 0.25) is 0 Å². The Morgan fingerprint density at radius 3 is 1.98 bits per heavy atom. The Morgan fingerprint density at radius 2 is 1.44 bits per heavy atom. The number of carboxylic acids is 2. The van der Waals surface area contributed by atoms with Crippen molar-refractivity contribution in [2.75, 3.05) is 32.2 Å². The van der Waals surface area contributed by atoms with Gasteiger partial charge in [-0.1, -0.05) is 78.4 Å². The summed E-state index contributed by atoms with van der Waals surface area (Å²) in [7, 11) is 3.31. The number of nitrogens with zero attached hydrogens (tertiary/aromatic N) is 3. The second-order valence-corrected chi connectivity index (χ2v) is 16.0. The lowest BCUT2D eigenvalue weighted by molar-refractivity contribution is -0.436. The average molecular weight is 805 g/mol. The maximum absolute atomic E-state index is 12.0. The number of hydrogen-bond acceptors (Lipinski definition) is 6.